The van der Waals surface area contributed by atoms with E-state index in [1.165, 1.54) is 11.1 Å². The molecule has 0 aliphatic heterocycles. The van der Waals surface area contributed by atoms with Gasteiger partial charge in [0.05, 0.1) is 19.1 Å². The minimum absolute atomic E-state index is 0.638. The molecule has 0 N–H and O–H groups in total. The Morgan fingerprint density at radius 3 is 1.47 bits per heavy atom. The third-order valence-electron chi connectivity index (χ3n) is 2.35. The van der Waals surface area contributed by atoms with Crippen molar-refractivity contribution in [2.75, 3.05) is 0 Å². The maximum absolute atomic E-state index is 4.14. The van der Waals surface area contributed by atoms with E-state index in [2.05, 4.69) is 16.0 Å². The zero-order valence-corrected chi connectivity index (χ0v) is 9.58. The standard InChI is InChI=1S/C15H14N2/c1-3-7-14(8-4-1)11-16-13-17-12-15-9-5-2-6-10-15/h1-10H,11-12H2/i16+1. The van der Waals surface area contributed by atoms with Crippen LogP contribution < -0.4 is 0 Å². The molecule has 0 saturated heterocycles. The summed E-state index contributed by atoms with van der Waals surface area (Å²) >= 11 is 0. The summed E-state index contributed by atoms with van der Waals surface area (Å²) in [4.78, 5) is 8.28. The van der Waals surface area contributed by atoms with Crippen molar-refractivity contribution < 1.29 is 0 Å². The van der Waals surface area contributed by atoms with Crippen LogP contribution in [0.5, 0.6) is 0 Å². The van der Waals surface area contributed by atoms with Crippen LogP contribution in [0.3, 0.4) is 0 Å². The summed E-state index contributed by atoms with van der Waals surface area (Å²) in [5.41, 5.74) is 2.35. The molecule has 0 saturated carbocycles. The average molecular weight is 223 g/mol. The molecule has 0 radical (unpaired) electrons. The van der Waals surface area contributed by atoms with E-state index in [0.29, 0.717) is 13.1 Å². The summed E-state index contributed by atoms with van der Waals surface area (Å²) in [6.45, 7) is 1.28. The molecule has 2 aromatic carbocycles. The van der Waals surface area contributed by atoms with E-state index >= 15 is 0 Å². The lowest BCUT2D eigenvalue weighted by atomic mass is 10.2. The van der Waals surface area contributed by atoms with Gasteiger partial charge >= 0.3 is 0 Å². The lowest BCUT2D eigenvalue weighted by Gasteiger charge is -1.92. The van der Waals surface area contributed by atoms with Crippen LogP contribution in [0.2, 0.25) is 0 Å². The van der Waals surface area contributed by atoms with Crippen LogP contribution in [0, 0.1) is 0 Å². The quantitative estimate of drug-likeness (QED) is 0.559. The van der Waals surface area contributed by atoms with Crippen LogP contribution in [-0.2, 0) is 13.1 Å². The zero-order valence-electron chi connectivity index (χ0n) is 9.58. The molecular formula is C15H14N2. The minimum atomic E-state index is 0.638. The Labute approximate surface area is 101 Å². The molecule has 17 heavy (non-hydrogen) atoms. The summed E-state index contributed by atoms with van der Waals surface area (Å²) in [6, 6.07) is 22.9. The Hall–Kier alpha value is -2.18. The van der Waals surface area contributed by atoms with E-state index in [-0.39, 0.29) is 0 Å². The molecule has 0 atom stereocenters. The van der Waals surface area contributed by atoms with Crippen molar-refractivity contribution in [2.45, 2.75) is 13.1 Å². The molecule has 0 aliphatic carbocycles. The fourth-order valence-electron chi connectivity index (χ4n) is 1.47. The van der Waals surface area contributed by atoms with Gasteiger partial charge in [-0.25, -0.2) is 9.98 Å². The Bertz CT molecular complexity index is 451. The van der Waals surface area contributed by atoms with Gasteiger partial charge in [0, 0.05) is 0 Å². The van der Waals surface area contributed by atoms with Crippen molar-refractivity contribution in [2.24, 2.45) is 9.98 Å². The number of rotatable bonds is 4. The van der Waals surface area contributed by atoms with Gasteiger partial charge in [-0.2, -0.15) is 0 Å². The Balaban J connectivity index is 1.85. The van der Waals surface area contributed by atoms with Gasteiger partial charge in [0.2, 0.25) is 0 Å². The summed E-state index contributed by atoms with van der Waals surface area (Å²) in [5.74, 6) is 0. The summed E-state index contributed by atoms with van der Waals surface area (Å²) < 4.78 is 0. The predicted molar refractivity (Wildman–Crippen MR) is 70.2 cm³/mol. The van der Waals surface area contributed by atoms with Gasteiger partial charge in [-0.05, 0) is 11.1 Å². The molecule has 2 nitrogen and oxygen atoms in total. The third-order valence-corrected chi connectivity index (χ3v) is 2.35. The van der Waals surface area contributed by atoms with Crippen molar-refractivity contribution in [1.82, 2.24) is 0 Å². The van der Waals surface area contributed by atoms with Crippen molar-refractivity contribution in [3.63, 3.8) is 0 Å². The van der Waals surface area contributed by atoms with Crippen LogP contribution >= 0.6 is 0 Å². The number of benzene rings is 2. The largest absolute Gasteiger partial charge is 0.221 e. The normalized spacial score (nSPS) is 9.41. The molecule has 84 valence electrons. The molecule has 0 unspecified atom stereocenters. The van der Waals surface area contributed by atoms with Crippen LogP contribution in [0.4, 0.5) is 0 Å². The van der Waals surface area contributed by atoms with Gasteiger partial charge in [-0.3, -0.25) is 0 Å². The summed E-state index contributed by atoms with van der Waals surface area (Å²) in [6.07, 6.45) is 0. The van der Waals surface area contributed by atoms with Gasteiger partial charge in [-0.1, -0.05) is 60.7 Å². The fraction of sp³-hybridized carbons (Fsp3) is 0.133. The van der Waals surface area contributed by atoms with Gasteiger partial charge in [0.1, 0.15) is 0 Å². The first kappa shape index (κ1) is 11.3. The first-order valence-electron chi connectivity index (χ1n) is 5.61. The molecule has 0 aromatic heterocycles. The highest BCUT2D eigenvalue weighted by Crippen LogP contribution is 2.00. The van der Waals surface area contributed by atoms with E-state index in [1.807, 2.05) is 60.7 Å². The topological polar surface area (TPSA) is 24.7 Å². The Morgan fingerprint density at radius 1 is 0.647 bits per heavy atom. The first-order valence-corrected chi connectivity index (χ1v) is 5.61. The second kappa shape index (κ2) is 6.41. The molecule has 0 aliphatic rings. The molecule has 2 heteroatoms. The molecule has 0 bridgehead atoms. The van der Waals surface area contributed by atoms with Crippen molar-refractivity contribution in [3.05, 3.63) is 71.8 Å². The summed E-state index contributed by atoms with van der Waals surface area (Å²) in [7, 11) is 0. The summed E-state index contributed by atoms with van der Waals surface area (Å²) in [5, 5.41) is 0. The lowest BCUT2D eigenvalue weighted by molar-refractivity contribution is 1.04. The van der Waals surface area contributed by atoms with Gasteiger partial charge in [-0.15, -0.1) is 0 Å². The Kier molecular flexibility index (Phi) is 4.27. The van der Waals surface area contributed by atoms with Crippen molar-refractivity contribution >= 4 is 6.01 Å². The zero-order chi connectivity index (χ0) is 11.8. The second-order valence-corrected chi connectivity index (χ2v) is 3.70. The van der Waals surface area contributed by atoms with E-state index in [4.69, 9.17) is 0 Å². The highest BCUT2D eigenvalue weighted by atomic mass is 15.5. The SMILES string of the molecule is C(=NCc1ccccc1)=[15N]Cc1ccccc1. The first-order chi connectivity index (χ1) is 8.45. The van der Waals surface area contributed by atoms with Crippen LogP contribution in [-0.4, -0.2) is 6.01 Å². The highest BCUT2D eigenvalue weighted by Gasteiger charge is 1.86. The van der Waals surface area contributed by atoms with E-state index in [0.717, 1.165) is 0 Å². The Morgan fingerprint density at radius 2 is 1.06 bits per heavy atom. The smallest absolute Gasteiger partial charge is 0.0899 e. The third kappa shape index (κ3) is 4.06. The van der Waals surface area contributed by atoms with Crippen LogP contribution in [0.25, 0.3) is 0 Å². The van der Waals surface area contributed by atoms with Gasteiger partial charge < -0.3 is 0 Å². The highest BCUT2D eigenvalue weighted by molar-refractivity contribution is 5.41. The average Bonchev–Trinajstić information content (AvgIpc) is 2.41. The maximum Gasteiger partial charge on any atom is 0.0899 e. The number of hydrogen-bond donors (Lipinski definition) is 0. The predicted octanol–water partition coefficient (Wildman–Crippen LogP) is 3.56. The monoisotopic (exact) mass is 223 g/mol. The number of aliphatic imine (C=N–C) groups is 2. The lowest BCUT2D eigenvalue weighted by Crippen LogP contribution is -1.80. The van der Waals surface area contributed by atoms with Crippen molar-refractivity contribution in [3.8, 4) is 0 Å². The molecule has 0 fully saturated rings. The van der Waals surface area contributed by atoms with Gasteiger partial charge in [0.15, 0.2) is 0 Å². The maximum atomic E-state index is 4.14. The number of hydrogen-bond acceptors (Lipinski definition) is 2. The molecule has 0 heterocycles. The molecular weight excluding hydrogens is 209 g/mol. The van der Waals surface area contributed by atoms with Crippen molar-refractivity contribution in [1.29, 1.82) is 0 Å². The number of nitrogens with zero attached hydrogens (tertiary/aromatic N) is 2. The second-order valence-electron chi connectivity index (χ2n) is 3.70. The van der Waals surface area contributed by atoms with Crippen LogP contribution in [0.15, 0.2) is 70.6 Å². The molecule has 2 aromatic rings. The van der Waals surface area contributed by atoms with E-state index < -0.39 is 0 Å². The molecule has 0 spiro atoms. The van der Waals surface area contributed by atoms with E-state index in [1.54, 1.807) is 0 Å². The minimum Gasteiger partial charge on any atom is -0.221 e. The van der Waals surface area contributed by atoms with Crippen LogP contribution in [0.1, 0.15) is 11.1 Å². The molecule has 0 amide bonds. The molecule has 2 rings (SSSR count). The van der Waals surface area contributed by atoms with E-state index in [9.17, 15) is 0 Å². The fourth-order valence-corrected chi connectivity index (χ4v) is 1.47. The van der Waals surface area contributed by atoms with Gasteiger partial charge in [0.25, 0.3) is 0 Å².